The van der Waals surface area contributed by atoms with Crippen LogP contribution in [-0.4, -0.2) is 33.6 Å². The Morgan fingerprint density at radius 1 is 1.38 bits per heavy atom. The number of fused-ring (bicyclic) bond motifs is 1. The largest absolute Gasteiger partial charge is 0.382 e. The number of rotatable bonds is 2. The topological polar surface area (TPSA) is 96.2 Å². The summed E-state index contributed by atoms with van der Waals surface area (Å²) in [4.78, 5) is 17.3. The van der Waals surface area contributed by atoms with E-state index >= 15 is 0 Å². The van der Waals surface area contributed by atoms with E-state index in [1.165, 1.54) is 9.75 Å². The molecule has 2 unspecified atom stereocenters. The second kappa shape index (κ2) is 6.12. The minimum Gasteiger partial charge on any atom is -0.382 e. The summed E-state index contributed by atoms with van der Waals surface area (Å²) in [5.41, 5.74) is 14.1. The van der Waals surface area contributed by atoms with Crippen LogP contribution in [-0.2, 0) is 17.8 Å². The smallest absolute Gasteiger partial charge is 0.241 e. The Morgan fingerprint density at radius 3 is 3.04 bits per heavy atom. The predicted octanol–water partition coefficient (Wildman–Crippen LogP) is 0.921. The molecule has 2 aliphatic heterocycles. The van der Waals surface area contributed by atoms with Crippen molar-refractivity contribution in [2.45, 2.75) is 38.4 Å². The zero-order chi connectivity index (χ0) is 16.7. The number of hydrazine groups is 1. The maximum absolute atomic E-state index is 12.8. The molecule has 2 atom stereocenters. The van der Waals surface area contributed by atoms with Gasteiger partial charge in [-0.25, -0.2) is 10.9 Å². The van der Waals surface area contributed by atoms with E-state index < -0.39 is 0 Å². The molecule has 1 amide bonds. The fourth-order valence-electron chi connectivity index (χ4n) is 3.30. The highest BCUT2D eigenvalue weighted by Crippen LogP contribution is 2.29. The standard InChI is InChI=1S/C16H20N6OS/c1-9-2-3-14(24-9)12-7-13(20-19-12)16(23)22-5-4-11-10(8-22)6-15(17)21-18-11/h2-3,6,12-13,19-20H,4-5,7-8H2,1H3,(H2,17,21). The van der Waals surface area contributed by atoms with Crippen molar-refractivity contribution < 1.29 is 4.79 Å². The molecule has 2 aromatic rings. The van der Waals surface area contributed by atoms with E-state index in [-0.39, 0.29) is 18.0 Å². The van der Waals surface area contributed by atoms with Gasteiger partial charge in [0.15, 0.2) is 0 Å². The third-order valence-corrected chi connectivity index (χ3v) is 5.69. The number of amides is 1. The Bertz CT molecular complexity index is 776. The van der Waals surface area contributed by atoms with Crippen molar-refractivity contribution >= 4 is 23.1 Å². The molecule has 0 aliphatic carbocycles. The Hall–Kier alpha value is -2.03. The number of nitrogens with one attached hydrogen (secondary N) is 2. The summed E-state index contributed by atoms with van der Waals surface area (Å²) in [5, 5.41) is 8.01. The molecular formula is C16H20N6OS. The number of aromatic nitrogens is 2. The van der Waals surface area contributed by atoms with Crippen LogP contribution in [0.2, 0.25) is 0 Å². The van der Waals surface area contributed by atoms with Crippen molar-refractivity contribution in [1.82, 2.24) is 25.9 Å². The van der Waals surface area contributed by atoms with Crippen LogP contribution < -0.4 is 16.6 Å². The molecule has 0 saturated carbocycles. The number of thiophene rings is 1. The molecule has 8 heteroatoms. The molecule has 4 N–H and O–H groups in total. The highest BCUT2D eigenvalue weighted by atomic mass is 32.1. The molecule has 0 bridgehead atoms. The lowest BCUT2D eigenvalue weighted by Crippen LogP contribution is -2.47. The van der Waals surface area contributed by atoms with Crippen LogP contribution in [0.4, 0.5) is 5.82 Å². The minimum atomic E-state index is -0.203. The fraction of sp³-hybridized carbons (Fsp3) is 0.438. The molecule has 4 heterocycles. The highest BCUT2D eigenvalue weighted by molar-refractivity contribution is 7.12. The molecular weight excluding hydrogens is 324 g/mol. The van der Waals surface area contributed by atoms with E-state index in [4.69, 9.17) is 5.73 Å². The van der Waals surface area contributed by atoms with Gasteiger partial charge < -0.3 is 10.6 Å². The van der Waals surface area contributed by atoms with Crippen molar-refractivity contribution in [3.05, 3.63) is 39.2 Å². The monoisotopic (exact) mass is 344 g/mol. The molecule has 24 heavy (non-hydrogen) atoms. The van der Waals surface area contributed by atoms with Crippen LogP contribution in [0.3, 0.4) is 0 Å². The van der Waals surface area contributed by atoms with Gasteiger partial charge in [0.1, 0.15) is 11.9 Å². The first-order valence-electron chi connectivity index (χ1n) is 8.07. The second-order valence-electron chi connectivity index (χ2n) is 6.33. The van der Waals surface area contributed by atoms with Gasteiger partial charge in [-0.2, -0.15) is 5.10 Å². The first kappa shape index (κ1) is 15.5. The van der Waals surface area contributed by atoms with E-state index in [0.717, 1.165) is 24.1 Å². The van der Waals surface area contributed by atoms with Crippen molar-refractivity contribution in [1.29, 1.82) is 0 Å². The van der Waals surface area contributed by atoms with Crippen molar-refractivity contribution in [3.8, 4) is 0 Å². The molecule has 0 radical (unpaired) electrons. The number of hydrogen-bond acceptors (Lipinski definition) is 7. The number of nitrogen functional groups attached to an aromatic ring is 1. The van der Waals surface area contributed by atoms with E-state index in [2.05, 4.69) is 40.1 Å². The lowest BCUT2D eigenvalue weighted by molar-refractivity contribution is -0.134. The average Bonchev–Trinajstić information content (AvgIpc) is 3.22. The molecule has 0 aromatic carbocycles. The number of anilines is 1. The lowest BCUT2D eigenvalue weighted by atomic mass is 10.0. The summed E-state index contributed by atoms with van der Waals surface area (Å²) in [6, 6.07) is 6.05. The van der Waals surface area contributed by atoms with Gasteiger partial charge in [-0.3, -0.25) is 4.79 Å². The molecule has 7 nitrogen and oxygen atoms in total. The van der Waals surface area contributed by atoms with Crippen LogP contribution in [0.1, 0.15) is 33.5 Å². The summed E-state index contributed by atoms with van der Waals surface area (Å²) in [5.74, 6) is 0.524. The molecule has 4 rings (SSSR count). The van der Waals surface area contributed by atoms with Gasteiger partial charge >= 0.3 is 0 Å². The normalized spacial score (nSPS) is 23.3. The van der Waals surface area contributed by atoms with Crippen LogP contribution >= 0.6 is 11.3 Å². The van der Waals surface area contributed by atoms with Crippen molar-refractivity contribution in [2.24, 2.45) is 0 Å². The Labute approximate surface area is 144 Å². The van der Waals surface area contributed by atoms with Crippen molar-refractivity contribution in [3.63, 3.8) is 0 Å². The van der Waals surface area contributed by atoms with E-state index in [1.807, 2.05) is 11.0 Å². The van der Waals surface area contributed by atoms with Crippen LogP contribution in [0.15, 0.2) is 18.2 Å². The van der Waals surface area contributed by atoms with E-state index in [9.17, 15) is 4.79 Å². The maximum Gasteiger partial charge on any atom is 0.241 e. The molecule has 2 aromatic heterocycles. The molecule has 1 saturated heterocycles. The molecule has 2 aliphatic rings. The predicted molar refractivity (Wildman–Crippen MR) is 92.0 cm³/mol. The highest BCUT2D eigenvalue weighted by Gasteiger charge is 2.34. The quantitative estimate of drug-likeness (QED) is 0.750. The van der Waals surface area contributed by atoms with Crippen molar-refractivity contribution in [2.75, 3.05) is 12.3 Å². The summed E-state index contributed by atoms with van der Waals surface area (Å²) >= 11 is 1.77. The minimum absolute atomic E-state index is 0.124. The number of nitrogens with zero attached hydrogens (tertiary/aromatic N) is 3. The molecule has 126 valence electrons. The summed E-state index contributed by atoms with van der Waals surface area (Å²) in [7, 11) is 0. The van der Waals surface area contributed by atoms with E-state index in [1.54, 1.807) is 11.3 Å². The van der Waals surface area contributed by atoms with Gasteiger partial charge in [-0.15, -0.1) is 16.4 Å². The third kappa shape index (κ3) is 2.88. The zero-order valence-electron chi connectivity index (χ0n) is 13.5. The summed E-state index contributed by atoms with van der Waals surface area (Å²) in [6.07, 6.45) is 1.49. The first-order valence-corrected chi connectivity index (χ1v) is 8.89. The average molecular weight is 344 g/mol. The number of hydrogen-bond donors (Lipinski definition) is 3. The van der Waals surface area contributed by atoms with Crippen LogP contribution in [0, 0.1) is 6.92 Å². The Morgan fingerprint density at radius 2 is 2.25 bits per heavy atom. The summed E-state index contributed by atoms with van der Waals surface area (Å²) in [6.45, 7) is 3.32. The van der Waals surface area contributed by atoms with Gasteiger partial charge in [-0.05, 0) is 37.1 Å². The lowest BCUT2D eigenvalue weighted by Gasteiger charge is -2.29. The number of aryl methyl sites for hydroxylation is 1. The van der Waals surface area contributed by atoms with Gasteiger partial charge in [0.25, 0.3) is 0 Å². The number of carbonyl (C=O) groups is 1. The summed E-state index contributed by atoms with van der Waals surface area (Å²) < 4.78 is 0. The Kier molecular flexibility index (Phi) is 3.95. The van der Waals surface area contributed by atoms with Crippen LogP contribution in [0.25, 0.3) is 0 Å². The van der Waals surface area contributed by atoms with Gasteiger partial charge in [0, 0.05) is 29.3 Å². The first-order chi connectivity index (χ1) is 11.6. The van der Waals surface area contributed by atoms with Gasteiger partial charge in [0.05, 0.1) is 11.7 Å². The zero-order valence-corrected chi connectivity index (χ0v) is 14.3. The van der Waals surface area contributed by atoms with Gasteiger partial charge in [0.2, 0.25) is 5.91 Å². The van der Waals surface area contributed by atoms with E-state index in [0.29, 0.717) is 18.9 Å². The second-order valence-corrected chi connectivity index (χ2v) is 7.65. The number of carbonyl (C=O) groups excluding carboxylic acids is 1. The van der Waals surface area contributed by atoms with Crippen LogP contribution in [0.5, 0.6) is 0 Å². The SMILES string of the molecule is Cc1ccc(C2CC(C(=O)N3CCc4nnc(N)cc4C3)NN2)s1. The van der Waals surface area contributed by atoms with Gasteiger partial charge in [-0.1, -0.05) is 0 Å². The molecule has 1 fully saturated rings. The third-order valence-electron chi connectivity index (χ3n) is 4.58. The number of nitrogens with two attached hydrogens (primary N) is 1. The molecule has 0 spiro atoms. The fourth-order valence-corrected chi connectivity index (χ4v) is 4.24. The Balaban J connectivity index is 1.43. The maximum atomic E-state index is 12.8.